The molecule has 0 fully saturated rings. The second-order valence-corrected chi connectivity index (χ2v) is 67.1. The molecule has 0 saturated carbocycles. The fraction of sp³-hybridized carbons (Fsp3) is 0.500. The summed E-state index contributed by atoms with van der Waals surface area (Å²) in [5.74, 6) is 3.84. The van der Waals surface area contributed by atoms with Gasteiger partial charge < -0.3 is 83.3 Å². The van der Waals surface area contributed by atoms with Crippen molar-refractivity contribution in [3.05, 3.63) is 48.5 Å². The molecule has 8 bridgehead atoms. The molecule has 5 heterocycles. The quantitative estimate of drug-likeness (QED) is 0.0293. The first-order chi connectivity index (χ1) is 44.6. The average Bonchev–Trinajstić information content (AvgIpc) is 1.58. The summed E-state index contributed by atoms with van der Waals surface area (Å²) in [5, 5.41) is 1.88. The van der Waals surface area contributed by atoms with Gasteiger partial charge in [0.15, 0.2) is 144 Å². The van der Waals surface area contributed by atoms with Crippen LogP contribution in [-0.4, -0.2) is 161 Å². The number of fused-ring (bicyclic) bond motifs is 20. The van der Waals surface area contributed by atoms with E-state index in [9.17, 15) is 0 Å². The summed E-state index contributed by atoms with van der Waals surface area (Å²) in [7, 11) is -17.0. The van der Waals surface area contributed by atoms with Crippen molar-refractivity contribution in [2.24, 2.45) is 0 Å². The Morgan fingerprint density at radius 1 is 0.219 bits per heavy atom. The predicted molar refractivity (Wildman–Crippen MR) is 395 cm³/mol. The number of H-pyrrole nitrogens is 2. The van der Waals surface area contributed by atoms with Gasteiger partial charge in [0.05, 0.1) is 43.8 Å². The maximum Gasteiger partial charge on any atom is 0.188 e. The van der Waals surface area contributed by atoms with Gasteiger partial charge in [-0.15, -0.1) is 0 Å². The molecule has 0 amide bonds. The highest BCUT2D eigenvalue weighted by atomic mass is 28.4. The smallest absolute Gasteiger partial charge is 0.188 e. The van der Waals surface area contributed by atoms with E-state index in [0.29, 0.717) is 89.8 Å². The minimum Gasteiger partial charge on any atom is -0.468 e. The van der Waals surface area contributed by atoms with Crippen molar-refractivity contribution in [2.45, 2.75) is 157 Å². The van der Waals surface area contributed by atoms with Crippen LogP contribution in [0.1, 0.15) is 0 Å². The third-order valence-corrected chi connectivity index (χ3v) is 21.6. The van der Waals surface area contributed by atoms with E-state index in [2.05, 4.69) is 167 Å². The van der Waals surface area contributed by atoms with Crippen molar-refractivity contribution in [3.63, 3.8) is 0 Å². The molecule has 32 heteroatoms. The van der Waals surface area contributed by atoms with Gasteiger partial charge in [-0.2, -0.15) is 0 Å². The number of nitrogens with one attached hydrogen (secondary N) is 2. The zero-order chi connectivity index (χ0) is 70.1. The summed E-state index contributed by atoms with van der Waals surface area (Å²) in [5.41, 5.74) is 2.83. The number of aromatic nitrogens is 8. The molecule has 0 radical (unpaired) electrons. The molecular formula is C64H98N8O16Si8. The van der Waals surface area contributed by atoms with Crippen molar-refractivity contribution in [1.82, 2.24) is 39.9 Å². The van der Waals surface area contributed by atoms with Crippen molar-refractivity contribution in [3.8, 4) is 91.5 Å². The SMILES string of the molecule is C[Si](C)(C)OCOc1ccc(OCO[Si](C)(C)C)c2c1-c1nc-2nc2[nH]c(nc3nc(nc4[nH]c(n1)c1c(OCO[Si](C)(C)C)ccc(OCO[Si](C)(C)C)c41)-c1c(OCO[Si](C)(C)C)ccc(OCO[Si](C)(C)C)c1-3)c1c(OCO[Si](C)(C)C)ccc(OCO[Si](C)(C)C)c21. The first-order valence-electron chi connectivity index (χ1n) is 32.2. The molecule has 4 aromatic carbocycles. The summed E-state index contributed by atoms with van der Waals surface area (Å²) in [4.78, 5) is 40.3. The molecule has 96 heavy (non-hydrogen) atoms. The van der Waals surface area contributed by atoms with Crippen molar-refractivity contribution in [2.75, 3.05) is 54.3 Å². The Morgan fingerprint density at radius 3 is 0.521 bits per heavy atom. The molecule has 0 atom stereocenters. The summed E-state index contributed by atoms with van der Waals surface area (Å²) in [6.07, 6.45) is 0. The van der Waals surface area contributed by atoms with E-state index in [-0.39, 0.29) is 100 Å². The van der Waals surface area contributed by atoms with Crippen molar-refractivity contribution in [1.29, 1.82) is 0 Å². The highest BCUT2D eigenvalue weighted by molar-refractivity contribution is 6.72. The lowest BCUT2D eigenvalue weighted by atomic mass is 10.1. The van der Waals surface area contributed by atoms with E-state index >= 15 is 0 Å². The number of rotatable bonds is 32. The van der Waals surface area contributed by atoms with Gasteiger partial charge in [0, 0.05) is 0 Å². The highest BCUT2D eigenvalue weighted by Crippen LogP contribution is 2.50. The second-order valence-electron chi connectivity index (χ2n) is 31.0. The molecular weight excluding hydrogens is 1360 g/mol. The maximum atomic E-state index is 6.69. The molecule has 2 aliphatic heterocycles. The van der Waals surface area contributed by atoms with Crippen LogP contribution >= 0.6 is 0 Å². The van der Waals surface area contributed by atoms with Crippen LogP contribution in [0, 0.1) is 0 Å². The van der Waals surface area contributed by atoms with Crippen LogP contribution in [0.15, 0.2) is 48.5 Å². The molecule has 3 aromatic heterocycles. The van der Waals surface area contributed by atoms with Gasteiger partial charge in [0.25, 0.3) is 0 Å². The van der Waals surface area contributed by atoms with Crippen molar-refractivity contribution < 1.29 is 73.3 Å². The predicted octanol–water partition coefficient (Wildman–Crippen LogP) is 16.4. The molecule has 0 saturated heterocycles. The molecule has 2 aliphatic rings. The van der Waals surface area contributed by atoms with E-state index in [1.165, 1.54) is 0 Å². The largest absolute Gasteiger partial charge is 0.468 e. The lowest BCUT2D eigenvalue weighted by molar-refractivity contribution is 0.111. The normalized spacial score (nSPS) is 13.2. The van der Waals surface area contributed by atoms with E-state index in [1.54, 1.807) is 0 Å². The van der Waals surface area contributed by atoms with Crippen LogP contribution in [0.25, 0.3) is 89.7 Å². The summed E-state index contributed by atoms with van der Waals surface area (Å²) < 4.78 is 104. The number of ether oxygens (including phenoxy) is 8. The number of hydrogen-bond acceptors (Lipinski definition) is 22. The van der Waals surface area contributed by atoms with Crippen molar-refractivity contribution >= 4 is 111 Å². The monoisotopic (exact) mass is 1460 g/mol. The Labute approximate surface area is 572 Å². The molecule has 7 aromatic rings. The highest BCUT2D eigenvalue weighted by Gasteiger charge is 2.34. The molecule has 2 N–H and O–H groups in total. The minimum absolute atomic E-state index is 0.0685. The van der Waals surface area contributed by atoms with Crippen LogP contribution in [0.3, 0.4) is 0 Å². The lowest BCUT2D eigenvalue weighted by Crippen LogP contribution is -2.27. The molecule has 0 aliphatic carbocycles. The zero-order valence-electron chi connectivity index (χ0n) is 60.5. The van der Waals surface area contributed by atoms with E-state index < -0.39 is 66.5 Å². The van der Waals surface area contributed by atoms with Crippen LogP contribution in [0.4, 0.5) is 0 Å². The minimum atomic E-state index is -2.13. The van der Waals surface area contributed by atoms with Crippen LogP contribution in [0.5, 0.6) is 46.0 Å². The number of hydrogen-bond donors (Lipinski definition) is 2. The van der Waals surface area contributed by atoms with Gasteiger partial charge >= 0.3 is 0 Å². The third-order valence-electron chi connectivity index (χ3n) is 13.8. The Bertz CT molecular complexity index is 3610. The van der Waals surface area contributed by atoms with Gasteiger partial charge in [-0.3, -0.25) is 0 Å². The average molecular weight is 1460 g/mol. The summed E-state index contributed by atoms with van der Waals surface area (Å²) >= 11 is 0. The van der Waals surface area contributed by atoms with Gasteiger partial charge in [-0.05, 0) is 206 Å². The molecule has 0 spiro atoms. The molecule has 9 rings (SSSR count). The summed E-state index contributed by atoms with van der Waals surface area (Å²) in [6, 6.07) is 14.6. The van der Waals surface area contributed by atoms with E-state index in [4.69, 9.17) is 103 Å². The van der Waals surface area contributed by atoms with Gasteiger partial charge in [0.2, 0.25) is 0 Å². The summed E-state index contributed by atoms with van der Waals surface area (Å²) in [6.45, 7) is 49.7. The zero-order valence-corrected chi connectivity index (χ0v) is 68.5. The third kappa shape index (κ3) is 20.1. The number of aromatic amines is 2. The fourth-order valence-corrected chi connectivity index (χ4v) is 12.5. The first-order valence-corrected chi connectivity index (χ1v) is 59.5. The lowest BCUT2D eigenvalue weighted by Gasteiger charge is -2.20. The topological polar surface area (TPSA) is 257 Å². The van der Waals surface area contributed by atoms with Crippen LogP contribution < -0.4 is 37.9 Å². The number of nitrogens with zero attached hydrogens (tertiary/aromatic N) is 6. The van der Waals surface area contributed by atoms with E-state index in [0.717, 1.165) is 0 Å². The molecule has 0 unspecified atom stereocenters. The van der Waals surface area contributed by atoms with Gasteiger partial charge in [0.1, 0.15) is 68.6 Å². The fourth-order valence-electron chi connectivity index (χ4n) is 9.19. The Balaban J connectivity index is 1.52. The van der Waals surface area contributed by atoms with Crippen LogP contribution in [0.2, 0.25) is 157 Å². The standard InChI is InChI=1S/C64H98N8O16Si8/c1-89(2,3)81-33-73-41-25-26-42(74-34-82-90(4,5)6)50-49(41)57-65-58(50)70-60-53-45(77-37-85-93(13,14)15)29-30-46(78-38-86-94(16,17)18)54(53)62(67-60)72-64-56-48(80-40-88-96(22,23)24)32-31-47(79-39-87-95(19,20)21)55(56)63(68-64)71-61-52-44(76-36-84-92(10,11)12)28-27-43(51(52)59(66-61)69-57)75-35-83-91(7,8)9/h25-32H,33-40H2,1-24H3,(H2,65,66,67,68,69,70,71,72). The first kappa shape index (κ1) is 74.3. The van der Waals surface area contributed by atoms with E-state index in [1.807, 2.05) is 48.5 Å². The Morgan fingerprint density at radius 2 is 0.365 bits per heavy atom. The Kier molecular flexibility index (Phi) is 22.5. The maximum absolute atomic E-state index is 6.69. The second kappa shape index (κ2) is 29.1. The molecule has 24 nitrogen and oxygen atoms in total. The number of benzene rings is 4. The van der Waals surface area contributed by atoms with Gasteiger partial charge in [-0.1, -0.05) is 0 Å². The molecule has 522 valence electrons. The van der Waals surface area contributed by atoms with Gasteiger partial charge in [-0.25, -0.2) is 29.9 Å². The van der Waals surface area contributed by atoms with Crippen LogP contribution in [-0.2, 0) is 35.4 Å². The Hall–Kier alpha value is -5.94.